The molecule has 1 aromatic rings. The van der Waals surface area contributed by atoms with Crippen molar-refractivity contribution in [3.63, 3.8) is 0 Å². The highest BCUT2D eigenvalue weighted by molar-refractivity contribution is 7.89. The number of aryl methyl sites for hydroxylation is 1. The Morgan fingerprint density at radius 1 is 1.46 bits per heavy atom. The highest BCUT2D eigenvalue weighted by Crippen LogP contribution is 2.32. The molecule has 2 rings (SSSR count). The third-order valence-corrected chi connectivity index (χ3v) is 6.24. The van der Waals surface area contributed by atoms with E-state index in [0.717, 1.165) is 0 Å². The van der Waals surface area contributed by atoms with Crippen LogP contribution in [0.5, 0.6) is 0 Å². The van der Waals surface area contributed by atoms with E-state index < -0.39 is 26.6 Å². The molecule has 1 saturated heterocycles. The van der Waals surface area contributed by atoms with Crippen molar-refractivity contribution < 1.29 is 18.1 Å². The van der Waals surface area contributed by atoms with Gasteiger partial charge in [0.15, 0.2) is 4.90 Å². The fourth-order valence-electron chi connectivity index (χ4n) is 2.96. The number of nitrogens with zero attached hydrogens (tertiary/aromatic N) is 2. The number of nitrogens with one attached hydrogen (secondary N) is 1. The average Bonchev–Trinajstić information content (AvgIpc) is 2.59. The Morgan fingerprint density at radius 2 is 2.15 bits per heavy atom. The predicted octanol–water partition coefficient (Wildman–Crippen LogP) is 0.801. The maximum absolute atomic E-state index is 13.0. The number of nitrogens with two attached hydrogens (primary N) is 1. The number of amides is 1. The number of carbonyl (C=O) groups is 1. The second-order valence-electron chi connectivity index (χ2n) is 5.96. The van der Waals surface area contributed by atoms with Gasteiger partial charge >= 0.3 is 0 Å². The SMILES string of the molecule is Cc1cccc([N+](=O)[O-])c1S(=O)(=O)N1CCCC(C(=O)NCCN)C1.Cl. The number of carbonyl (C=O) groups excluding carboxylic acids is 1. The maximum atomic E-state index is 13.0. The van der Waals surface area contributed by atoms with Gasteiger partial charge in [0.25, 0.3) is 5.69 Å². The molecule has 1 heterocycles. The Kier molecular flexibility index (Phi) is 7.94. The molecule has 1 aromatic carbocycles. The zero-order valence-electron chi connectivity index (χ0n) is 14.4. The third kappa shape index (κ3) is 4.70. The van der Waals surface area contributed by atoms with Crippen molar-refractivity contribution in [3.05, 3.63) is 33.9 Å². The summed E-state index contributed by atoms with van der Waals surface area (Å²) in [4.78, 5) is 22.4. The highest BCUT2D eigenvalue weighted by atomic mass is 35.5. The summed E-state index contributed by atoms with van der Waals surface area (Å²) >= 11 is 0. The Balaban J connectivity index is 0.00000338. The van der Waals surface area contributed by atoms with E-state index in [2.05, 4.69) is 5.32 Å². The number of halogens is 1. The van der Waals surface area contributed by atoms with Gasteiger partial charge in [-0.2, -0.15) is 4.31 Å². The Hall–Kier alpha value is -1.75. The van der Waals surface area contributed by atoms with Crippen LogP contribution in [0.15, 0.2) is 23.1 Å². The lowest BCUT2D eigenvalue weighted by atomic mass is 9.99. The summed E-state index contributed by atoms with van der Waals surface area (Å²) in [7, 11) is -4.07. The molecule has 26 heavy (non-hydrogen) atoms. The second-order valence-corrected chi connectivity index (χ2v) is 7.84. The lowest BCUT2D eigenvalue weighted by molar-refractivity contribution is -0.387. The minimum atomic E-state index is -4.07. The molecule has 11 heteroatoms. The fourth-order valence-corrected chi connectivity index (χ4v) is 4.85. The largest absolute Gasteiger partial charge is 0.355 e. The van der Waals surface area contributed by atoms with Crippen LogP contribution < -0.4 is 11.1 Å². The minimum Gasteiger partial charge on any atom is -0.355 e. The zero-order valence-corrected chi connectivity index (χ0v) is 16.0. The van der Waals surface area contributed by atoms with Crippen LogP contribution in [0, 0.1) is 23.0 Å². The van der Waals surface area contributed by atoms with Crippen molar-refractivity contribution >= 4 is 34.0 Å². The molecule has 0 aliphatic carbocycles. The van der Waals surface area contributed by atoms with Gasteiger partial charge in [0, 0.05) is 32.2 Å². The van der Waals surface area contributed by atoms with Gasteiger partial charge in [0.2, 0.25) is 15.9 Å². The molecule has 0 saturated carbocycles. The van der Waals surface area contributed by atoms with Crippen molar-refractivity contribution in [1.29, 1.82) is 0 Å². The van der Waals surface area contributed by atoms with Gasteiger partial charge in [-0.3, -0.25) is 14.9 Å². The van der Waals surface area contributed by atoms with E-state index in [1.807, 2.05) is 0 Å². The number of hydrogen-bond acceptors (Lipinski definition) is 6. The Morgan fingerprint density at radius 3 is 2.77 bits per heavy atom. The zero-order chi connectivity index (χ0) is 18.6. The molecule has 0 bridgehead atoms. The quantitative estimate of drug-likeness (QED) is 0.529. The van der Waals surface area contributed by atoms with Gasteiger partial charge in [-0.05, 0) is 25.3 Å². The molecule has 0 radical (unpaired) electrons. The number of nitro benzene ring substituents is 1. The summed E-state index contributed by atoms with van der Waals surface area (Å²) in [6.07, 6.45) is 1.08. The maximum Gasteiger partial charge on any atom is 0.289 e. The summed E-state index contributed by atoms with van der Waals surface area (Å²) in [5.74, 6) is -0.734. The molecule has 0 aromatic heterocycles. The highest BCUT2D eigenvalue weighted by Gasteiger charge is 2.37. The van der Waals surface area contributed by atoms with Crippen LogP contribution >= 0.6 is 12.4 Å². The first-order valence-corrected chi connectivity index (χ1v) is 9.45. The van der Waals surface area contributed by atoms with E-state index in [9.17, 15) is 23.3 Å². The summed E-state index contributed by atoms with van der Waals surface area (Å²) in [6.45, 7) is 2.38. The summed E-state index contributed by atoms with van der Waals surface area (Å²) < 4.78 is 27.1. The molecule has 0 spiro atoms. The molecular weight excluding hydrogens is 384 g/mol. The molecule has 1 atom stereocenters. The van der Waals surface area contributed by atoms with Crippen LogP contribution in [0.4, 0.5) is 5.69 Å². The number of hydrogen-bond donors (Lipinski definition) is 2. The van der Waals surface area contributed by atoms with E-state index in [1.54, 1.807) is 0 Å². The van der Waals surface area contributed by atoms with Gasteiger partial charge < -0.3 is 11.1 Å². The van der Waals surface area contributed by atoms with Crippen molar-refractivity contribution in [2.45, 2.75) is 24.7 Å². The van der Waals surface area contributed by atoms with Gasteiger partial charge in [-0.1, -0.05) is 12.1 Å². The summed E-state index contributed by atoms with van der Waals surface area (Å²) in [6, 6.07) is 4.15. The lowest BCUT2D eigenvalue weighted by Crippen LogP contribution is -2.46. The van der Waals surface area contributed by atoms with Gasteiger partial charge in [-0.15, -0.1) is 12.4 Å². The van der Waals surface area contributed by atoms with E-state index in [1.165, 1.54) is 29.4 Å². The first kappa shape index (κ1) is 22.3. The van der Waals surface area contributed by atoms with Crippen LogP contribution in [0.1, 0.15) is 18.4 Å². The van der Waals surface area contributed by atoms with E-state index in [-0.39, 0.29) is 36.3 Å². The smallest absolute Gasteiger partial charge is 0.289 e. The summed E-state index contributed by atoms with van der Waals surface area (Å²) in [5, 5.41) is 13.9. The van der Waals surface area contributed by atoms with E-state index in [4.69, 9.17) is 5.73 Å². The molecule has 1 fully saturated rings. The Bertz CT molecular complexity index is 771. The lowest BCUT2D eigenvalue weighted by Gasteiger charge is -2.31. The van der Waals surface area contributed by atoms with Gasteiger partial charge in [0.05, 0.1) is 10.8 Å². The van der Waals surface area contributed by atoms with Crippen LogP contribution in [0.2, 0.25) is 0 Å². The molecule has 1 unspecified atom stereocenters. The topological polar surface area (TPSA) is 136 Å². The van der Waals surface area contributed by atoms with Crippen molar-refractivity contribution in [2.75, 3.05) is 26.2 Å². The molecule has 1 aliphatic rings. The first-order valence-electron chi connectivity index (χ1n) is 8.01. The van der Waals surface area contributed by atoms with Crippen molar-refractivity contribution in [3.8, 4) is 0 Å². The molecular formula is C15H23ClN4O5S. The number of rotatable bonds is 6. The number of benzene rings is 1. The first-order chi connectivity index (χ1) is 11.8. The number of piperidine rings is 1. The van der Waals surface area contributed by atoms with E-state index in [0.29, 0.717) is 31.5 Å². The van der Waals surface area contributed by atoms with Crippen LogP contribution in [-0.4, -0.2) is 49.7 Å². The fraction of sp³-hybridized carbons (Fsp3) is 0.533. The van der Waals surface area contributed by atoms with Crippen molar-refractivity contribution in [2.24, 2.45) is 11.7 Å². The van der Waals surface area contributed by atoms with Gasteiger partial charge in [0.1, 0.15) is 0 Å². The van der Waals surface area contributed by atoms with E-state index >= 15 is 0 Å². The molecule has 1 amide bonds. The number of nitro groups is 1. The van der Waals surface area contributed by atoms with Crippen LogP contribution in [0.3, 0.4) is 0 Å². The molecule has 146 valence electrons. The monoisotopic (exact) mass is 406 g/mol. The Labute approximate surface area is 158 Å². The van der Waals surface area contributed by atoms with Crippen LogP contribution in [0.25, 0.3) is 0 Å². The molecule has 3 N–H and O–H groups in total. The normalized spacial score (nSPS) is 18.0. The van der Waals surface area contributed by atoms with Gasteiger partial charge in [-0.25, -0.2) is 8.42 Å². The third-order valence-electron chi connectivity index (χ3n) is 4.18. The summed E-state index contributed by atoms with van der Waals surface area (Å²) in [5.41, 5.74) is 5.22. The molecule has 9 nitrogen and oxygen atoms in total. The second kappa shape index (κ2) is 9.26. The standard InChI is InChI=1S/C15H22N4O5S.ClH/c1-11-4-2-6-13(19(21)22)14(11)25(23,24)18-9-3-5-12(10-18)15(20)17-8-7-16;/h2,4,6,12H,3,5,7-10,16H2,1H3,(H,17,20);1H. The molecule has 1 aliphatic heterocycles. The predicted molar refractivity (Wildman–Crippen MR) is 98.6 cm³/mol. The van der Waals surface area contributed by atoms with Crippen molar-refractivity contribution in [1.82, 2.24) is 9.62 Å². The average molecular weight is 407 g/mol. The number of sulfonamides is 1. The van der Waals surface area contributed by atoms with Crippen LogP contribution in [-0.2, 0) is 14.8 Å². The minimum absolute atomic E-state index is 0.